The molecule has 0 atom stereocenters. The topological polar surface area (TPSA) is 37.3 Å². The van der Waals surface area contributed by atoms with Gasteiger partial charge in [-0.15, -0.1) is 47.3 Å². The Labute approximate surface area is 79.4 Å². The number of hydrogen-bond acceptors (Lipinski definition) is 1. The number of carbonyl (C=O) groups is 1. The van der Waals surface area contributed by atoms with Crippen LogP contribution in [0, 0.1) is 0 Å². The number of carboxylic acid groups (broad SMARTS) is 1. The van der Waals surface area contributed by atoms with Crippen LogP contribution in [0.3, 0.4) is 0 Å². The highest BCUT2D eigenvalue weighted by molar-refractivity contribution is 9.69. The summed E-state index contributed by atoms with van der Waals surface area (Å²) >= 11 is 9.31. The second-order valence-corrected chi connectivity index (χ2v) is 7.43. The predicted molar refractivity (Wildman–Crippen MR) is 50.5 cm³/mol. The van der Waals surface area contributed by atoms with E-state index in [0.717, 1.165) is 0 Å². The normalized spacial score (nSPS) is 7.11. The molecular weight excluding hydrogens is 319 g/mol. The highest BCUT2D eigenvalue weighted by Gasteiger charge is 1.87. The Hall–Kier alpha value is 0.975. The minimum absolute atomic E-state index is 0.222. The first-order valence-corrected chi connectivity index (χ1v) is 4.89. The minimum Gasteiger partial charge on any atom is -0.481 e. The summed E-state index contributed by atoms with van der Waals surface area (Å²) in [7, 11) is 0. The van der Waals surface area contributed by atoms with Crippen molar-refractivity contribution < 1.29 is 9.90 Å². The summed E-state index contributed by atoms with van der Waals surface area (Å²) in [6.45, 7) is 1.60. The van der Waals surface area contributed by atoms with Crippen LogP contribution in [0.2, 0.25) is 0 Å². The molecule has 0 rings (SSSR count). The number of aliphatic carboxylic acids is 1. The van der Waals surface area contributed by atoms with Crippen molar-refractivity contribution in [2.45, 2.75) is 13.3 Å². The third kappa shape index (κ3) is 49.3. The summed E-state index contributed by atoms with van der Waals surface area (Å²) < 4.78 is 0.271. The maximum atomic E-state index is 9.37. The van der Waals surface area contributed by atoms with Crippen LogP contribution in [0.25, 0.3) is 0 Å². The van der Waals surface area contributed by atoms with E-state index in [1.54, 1.807) is 6.92 Å². The summed E-state index contributed by atoms with van der Waals surface area (Å²) in [5.74, 6) is -0.745. The van der Waals surface area contributed by atoms with E-state index in [-0.39, 0.29) is 9.61 Å². The number of carboxylic acids is 1. The maximum Gasteiger partial charge on any atom is 0.369 e. The third-order valence-electron chi connectivity index (χ3n) is 0.302. The highest BCUT2D eigenvalue weighted by atomic mass is 79.9. The van der Waals surface area contributed by atoms with Gasteiger partial charge in [-0.2, -0.15) is 0 Å². The number of halogens is 3. The van der Waals surface area contributed by atoms with Crippen molar-refractivity contribution in [3.05, 3.63) is 0 Å². The lowest BCUT2D eigenvalue weighted by Gasteiger charge is -1.71. The van der Waals surface area contributed by atoms with Gasteiger partial charge in [0.15, 0.2) is 0 Å². The standard InChI is InChI=1S/C3H6O2.BBr3/c1-2-3(4)5;2-1(3)4/h2H2,1H3,(H,4,5);. The molecule has 2 nitrogen and oxygen atoms in total. The van der Waals surface area contributed by atoms with Crippen LogP contribution < -0.4 is 0 Å². The summed E-state index contributed by atoms with van der Waals surface area (Å²) in [6, 6.07) is 0. The van der Waals surface area contributed by atoms with Gasteiger partial charge in [-0.1, -0.05) is 6.92 Å². The van der Waals surface area contributed by atoms with Gasteiger partial charge in [-0.3, -0.25) is 4.79 Å². The van der Waals surface area contributed by atoms with Crippen molar-refractivity contribution in [3.63, 3.8) is 0 Å². The molecule has 0 aromatic heterocycles. The molecule has 6 heteroatoms. The zero-order valence-corrected chi connectivity index (χ0v) is 9.53. The Morgan fingerprint density at radius 1 is 1.56 bits per heavy atom. The Balaban J connectivity index is 0. The van der Waals surface area contributed by atoms with Crippen LogP contribution in [0.15, 0.2) is 0 Å². The van der Waals surface area contributed by atoms with Crippen molar-refractivity contribution in [1.29, 1.82) is 0 Å². The molecule has 0 unspecified atom stereocenters. The van der Waals surface area contributed by atoms with Gasteiger partial charge in [0.1, 0.15) is 0 Å². The average Bonchev–Trinajstić information content (AvgIpc) is 1.65. The van der Waals surface area contributed by atoms with E-state index in [1.807, 2.05) is 0 Å². The molecule has 0 aromatic rings. The molecule has 0 aromatic carbocycles. The molecule has 0 amide bonds. The van der Waals surface area contributed by atoms with E-state index in [1.165, 1.54) is 0 Å². The fraction of sp³-hybridized carbons (Fsp3) is 0.667. The van der Waals surface area contributed by atoms with Gasteiger partial charge < -0.3 is 5.11 Å². The number of rotatable bonds is 1. The lowest BCUT2D eigenvalue weighted by molar-refractivity contribution is -0.136. The highest BCUT2D eigenvalue weighted by Crippen LogP contribution is 2.07. The minimum atomic E-state index is -0.745. The molecule has 0 fully saturated rings. The Bertz CT molecular complexity index is 74.7. The summed E-state index contributed by atoms with van der Waals surface area (Å²) in [6.07, 6.45) is 0.222. The van der Waals surface area contributed by atoms with Crippen molar-refractivity contribution in [2.24, 2.45) is 0 Å². The lowest BCUT2D eigenvalue weighted by Crippen LogP contribution is -1.86. The van der Waals surface area contributed by atoms with Crippen LogP contribution in [0.1, 0.15) is 13.3 Å². The van der Waals surface area contributed by atoms with Gasteiger partial charge in [0, 0.05) is 6.42 Å². The molecule has 0 aliphatic rings. The lowest BCUT2D eigenvalue weighted by atomic mass is 10.5. The van der Waals surface area contributed by atoms with E-state index in [0.29, 0.717) is 0 Å². The molecule has 9 heavy (non-hydrogen) atoms. The summed E-state index contributed by atoms with van der Waals surface area (Å²) in [5.41, 5.74) is 0. The summed E-state index contributed by atoms with van der Waals surface area (Å²) in [5, 5.41) is 7.72. The first kappa shape index (κ1) is 12.6. The van der Waals surface area contributed by atoms with Crippen molar-refractivity contribution in [1.82, 2.24) is 0 Å². The Morgan fingerprint density at radius 3 is 1.67 bits per heavy atom. The molecule has 0 aliphatic carbocycles. The van der Waals surface area contributed by atoms with Crippen LogP contribution in [-0.2, 0) is 4.79 Å². The first-order valence-electron chi connectivity index (χ1n) is 2.14. The smallest absolute Gasteiger partial charge is 0.369 e. The zero-order chi connectivity index (χ0) is 7.86. The third-order valence-corrected chi connectivity index (χ3v) is 0.302. The SMILES string of the molecule is BrB(Br)Br.CCC(=O)O. The molecule has 0 bridgehead atoms. The fourth-order valence-electron chi connectivity index (χ4n) is 0. The van der Waals surface area contributed by atoms with Crippen LogP contribution in [-0.4, -0.2) is 14.3 Å². The van der Waals surface area contributed by atoms with E-state index < -0.39 is 5.97 Å². The van der Waals surface area contributed by atoms with Crippen LogP contribution >= 0.6 is 47.3 Å². The molecule has 0 spiro atoms. The largest absolute Gasteiger partial charge is 0.481 e. The second kappa shape index (κ2) is 8.97. The molecule has 1 N–H and O–H groups in total. The quantitative estimate of drug-likeness (QED) is 0.753. The monoisotopic (exact) mass is 322 g/mol. The zero-order valence-electron chi connectivity index (χ0n) is 4.77. The Morgan fingerprint density at radius 2 is 1.67 bits per heavy atom. The molecule has 0 heterocycles. The van der Waals surface area contributed by atoms with Crippen molar-refractivity contribution in [2.75, 3.05) is 0 Å². The van der Waals surface area contributed by atoms with Crippen LogP contribution in [0.4, 0.5) is 0 Å². The second-order valence-electron chi connectivity index (χ2n) is 0.995. The van der Waals surface area contributed by atoms with E-state index >= 15 is 0 Å². The van der Waals surface area contributed by atoms with Crippen LogP contribution in [0.5, 0.6) is 0 Å². The Kier molecular flexibility index (Phi) is 12.6. The maximum absolute atomic E-state index is 9.37. The van der Waals surface area contributed by atoms with Gasteiger partial charge in [0.25, 0.3) is 0 Å². The van der Waals surface area contributed by atoms with Crippen molar-refractivity contribution >= 4 is 56.4 Å². The van der Waals surface area contributed by atoms with Gasteiger partial charge in [-0.05, 0) is 0 Å². The fourth-order valence-corrected chi connectivity index (χ4v) is 0. The first-order chi connectivity index (χ1) is 4.00. The molecule has 0 saturated carbocycles. The molecule has 0 saturated heterocycles. The van der Waals surface area contributed by atoms with E-state index in [2.05, 4.69) is 47.3 Å². The number of hydrogen-bond donors (Lipinski definition) is 1. The van der Waals surface area contributed by atoms with Crippen molar-refractivity contribution in [3.8, 4) is 0 Å². The molecular formula is C3H6BBr3O2. The van der Waals surface area contributed by atoms with E-state index in [4.69, 9.17) is 5.11 Å². The van der Waals surface area contributed by atoms with E-state index in [9.17, 15) is 4.79 Å². The van der Waals surface area contributed by atoms with Gasteiger partial charge >= 0.3 is 9.15 Å². The molecule has 0 radical (unpaired) electrons. The summed E-state index contributed by atoms with van der Waals surface area (Å²) in [4.78, 5) is 9.37. The van der Waals surface area contributed by atoms with Gasteiger partial charge in [0.05, 0.1) is 0 Å². The average molecular weight is 325 g/mol. The molecule has 54 valence electrons. The predicted octanol–water partition coefficient (Wildman–Crippen LogP) is 2.64. The van der Waals surface area contributed by atoms with Gasteiger partial charge in [-0.25, -0.2) is 0 Å². The van der Waals surface area contributed by atoms with Gasteiger partial charge in [0.2, 0.25) is 0 Å². The molecule has 0 aliphatic heterocycles.